The Hall–Kier alpha value is -2.76. The third kappa shape index (κ3) is 3.88. The summed E-state index contributed by atoms with van der Waals surface area (Å²) < 4.78 is 13.5. The van der Waals surface area contributed by atoms with Gasteiger partial charge in [0.15, 0.2) is 0 Å². The number of benzene rings is 1. The van der Waals surface area contributed by atoms with Gasteiger partial charge in [-0.15, -0.1) is 0 Å². The lowest BCUT2D eigenvalue weighted by molar-refractivity contribution is 0.0953. The van der Waals surface area contributed by atoms with E-state index < -0.39 is 11.7 Å². The lowest BCUT2D eigenvalue weighted by atomic mass is 10.1. The van der Waals surface area contributed by atoms with Crippen molar-refractivity contribution in [3.8, 4) is 0 Å². The molecule has 0 aliphatic heterocycles. The Kier molecular flexibility index (Phi) is 5.19. The first kappa shape index (κ1) is 15.6. The zero-order valence-electron chi connectivity index (χ0n) is 12.1. The second-order valence-corrected chi connectivity index (χ2v) is 4.65. The zero-order valence-corrected chi connectivity index (χ0v) is 12.1. The van der Waals surface area contributed by atoms with Gasteiger partial charge >= 0.3 is 0 Å². The van der Waals surface area contributed by atoms with Gasteiger partial charge in [0.1, 0.15) is 5.82 Å². The Balaban J connectivity index is 2.13. The van der Waals surface area contributed by atoms with Crippen LogP contribution < -0.4 is 10.6 Å². The van der Waals surface area contributed by atoms with Crippen LogP contribution in [-0.2, 0) is 0 Å². The molecule has 0 fully saturated rings. The first-order valence-electron chi connectivity index (χ1n) is 6.91. The summed E-state index contributed by atoms with van der Waals surface area (Å²) in [5.41, 5.74) is 0.551. The number of halogens is 1. The van der Waals surface area contributed by atoms with Gasteiger partial charge in [-0.05, 0) is 24.6 Å². The van der Waals surface area contributed by atoms with Crippen LogP contribution in [0.3, 0.4) is 0 Å². The summed E-state index contributed by atoms with van der Waals surface area (Å²) in [7, 11) is 0. The van der Waals surface area contributed by atoms with Crippen LogP contribution in [0.4, 0.5) is 10.1 Å². The molecule has 114 valence electrons. The number of pyridine rings is 1. The minimum absolute atomic E-state index is 0.0772. The second-order valence-electron chi connectivity index (χ2n) is 4.65. The van der Waals surface area contributed by atoms with Crippen molar-refractivity contribution in [2.75, 3.05) is 11.9 Å². The molecule has 0 spiro atoms. The maximum Gasteiger partial charge on any atom is 0.257 e. The molecule has 0 aliphatic carbocycles. The lowest BCUT2D eigenvalue weighted by Gasteiger charge is -2.07. The average Bonchev–Trinajstić information content (AvgIpc) is 2.54. The monoisotopic (exact) mass is 301 g/mol. The van der Waals surface area contributed by atoms with Gasteiger partial charge in [-0.3, -0.25) is 14.6 Å². The summed E-state index contributed by atoms with van der Waals surface area (Å²) in [6, 6.07) is 7.28. The molecule has 0 saturated carbocycles. The third-order valence-corrected chi connectivity index (χ3v) is 2.92. The van der Waals surface area contributed by atoms with Crippen LogP contribution in [0.25, 0.3) is 0 Å². The maximum atomic E-state index is 13.5. The number of nitrogens with zero attached hydrogens (tertiary/aromatic N) is 1. The van der Waals surface area contributed by atoms with Crippen molar-refractivity contribution in [1.29, 1.82) is 0 Å². The van der Waals surface area contributed by atoms with Gasteiger partial charge in [0.2, 0.25) is 0 Å². The van der Waals surface area contributed by atoms with Crippen molar-refractivity contribution in [1.82, 2.24) is 10.3 Å². The highest BCUT2D eigenvalue weighted by Crippen LogP contribution is 2.14. The molecule has 0 aliphatic rings. The second kappa shape index (κ2) is 7.31. The van der Waals surface area contributed by atoms with Crippen molar-refractivity contribution in [2.24, 2.45) is 0 Å². The van der Waals surface area contributed by atoms with Crippen LogP contribution in [0.2, 0.25) is 0 Å². The summed E-state index contributed by atoms with van der Waals surface area (Å²) in [5, 5.41) is 5.15. The molecule has 0 saturated heterocycles. The SMILES string of the molecule is CCCNC(=O)c1cncc(C(=O)Nc2ccccc2F)c1. The molecule has 1 heterocycles. The summed E-state index contributed by atoms with van der Waals surface area (Å²) in [5.74, 6) is -1.35. The number of para-hydroxylation sites is 1. The largest absolute Gasteiger partial charge is 0.352 e. The van der Waals surface area contributed by atoms with Crippen molar-refractivity contribution in [3.05, 3.63) is 59.7 Å². The predicted molar refractivity (Wildman–Crippen MR) is 81.2 cm³/mol. The minimum atomic E-state index is -0.527. The van der Waals surface area contributed by atoms with E-state index in [1.807, 2.05) is 6.92 Å². The van der Waals surface area contributed by atoms with Gasteiger partial charge < -0.3 is 10.6 Å². The molecule has 5 nitrogen and oxygen atoms in total. The van der Waals surface area contributed by atoms with Crippen molar-refractivity contribution in [3.63, 3.8) is 0 Å². The van der Waals surface area contributed by atoms with Crippen molar-refractivity contribution in [2.45, 2.75) is 13.3 Å². The molecule has 1 aromatic carbocycles. The molecular weight excluding hydrogens is 285 g/mol. The van der Waals surface area contributed by atoms with Gasteiger partial charge in [-0.25, -0.2) is 4.39 Å². The van der Waals surface area contributed by atoms with E-state index >= 15 is 0 Å². The van der Waals surface area contributed by atoms with E-state index in [9.17, 15) is 14.0 Å². The van der Waals surface area contributed by atoms with E-state index in [2.05, 4.69) is 15.6 Å². The number of anilines is 1. The molecule has 6 heteroatoms. The Morgan fingerprint density at radius 1 is 1.14 bits per heavy atom. The quantitative estimate of drug-likeness (QED) is 0.891. The van der Waals surface area contributed by atoms with Gasteiger partial charge in [-0.1, -0.05) is 19.1 Å². The van der Waals surface area contributed by atoms with Gasteiger partial charge in [0, 0.05) is 18.9 Å². The molecule has 1 aromatic heterocycles. The molecular formula is C16H16FN3O2. The summed E-state index contributed by atoms with van der Waals surface area (Å²) >= 11 is 0. The first-order valence-corrected chi connectivity index (χ1v) is 6.91. The van der Waals surface area contributed by atoms with Gasteiger partial charge in [0.25, 0.3) is 11.8 Å². The maximum absolute atomic E-state index is 13.5. The third-order valence-electron chi connectivity index (χ3n) is 2.92. The highest BCUT2D eigenvalue weighted by molar-refractivity contribution is 6.05. The van der Waals surface area contributed by atoms with Crippen LogP contribution in [-0.4, -0.2) is 23.3 Å². The average molecular weight is 301 g/mol. The number of carbonyl (C=O) groups excluding carboxylic acids is 2. The Bertz CT molecular complexity index is 689. The van der Waals surface area contributed by atoms with E-state index in [1.54, 1.807) is 6.07 Å². The number of carbonyl (C=O) groups is 2. The molecule has 2 rings (SSSR count). The summed E-state index contributed by atoms with van der Waals surface area (Å²) in [6.07, 6.45) is 3.52. The molecule has 22 heavy (non-hydrogen) atoms. The first-order chi connectivity index (χ1) is 10.6. The van der Waals surface area contributed by atoms with Crippen molar-refractivity contribution >= 4 is 17.5 Å². The fourth-order valence-corrected chi connectivity index (χ4v) is 1.79. The Morgan fingerprint density at radius 3 is 2.50 bits per heavy atom. The van der Waals surface area contributed by atoms with Gasteiger partial charge in [0.05, 0.1) is 16.8 Å². The van der Waals surface area contributed by atoms with E-state index in [0.29, 0.717) is 6.54 Å². The van der Waals surface area contributed by atoms with Crippen LogP contribution >= 0.6 is 0 Å². The zero-order chi connectivity index (χ0) is 15.9. The molecule has 2 N–H and O–H groups in total. The van der Waals surface area contributed by atoms with Crippen molar-refractivity contribution < 1.29 is 14.0 Å². The summed E-state index contributed by atoms with van der Waals surface area (Å²) in [4.78, 5) is 27.8. The topological polar surface area (TPSA) is 71.1 Å². The number of aromatic nitrogens is 1. The fraction of sp³-hybridized carbons (Fsp3) is 0.188. The number of amides is 2. The van der Waals surface area contributed by atoms with Crippen LogP contribution in [0.15, 0.2) is 42.7 Å². The highest BCUT2D eigenvalue weighted by atomic mass is 19.1. The number of hydrogen-bond donors (Lipinski definition) is 2. The van der Waals surface area contributed by atoms with Crippen LogP contribution in [0.5, 0.6) is 0 Å². The lowest BCUT2D eigenvalue weighted by Crippen LogP contribution is -2.24. The molecule has 0 radical (unpaired) electrons. The minimum Gasteiger partial charge on any atom is -0.352 e. The van der Waals surface area contributed by atoms with E-state index in [4.69, 9.17) is 0 Å². The molecule has 0 atom stereocenters. The standard InChI is InChI=1S/C16H16FN3O2/c1-2-7-19-15(21)11-8-12(10-18-9-11)16(22)20-14-6-4-3-5-13(14)17/h3-6,8-10H,2,7H2,1H3,(H,19,21)(H,20,22). The molecule has 0 unspecified atom stereocenters. The number of rotatable bonds is 5. The van der Waals surface area contributed by atoms with Crippen LogP contribution in [0, 0.1) is 5.82 Å². The number of nitrogens with one attached hydrogen (secondary N) is 2. The Labute approximate surface area is 127 Å². The number of hydrogen-bond acceptors (Lipinski definition) is 3. The fourth-order valence-electron chi connectivity index (χ4n) is 1.79. The van der Waals surface area contributed by atoms with E-state index in [1.165, 1.54) is 36.7 Å². The van der Waals surface area contributed by atoms with E-state index in [-0.39, 0.29) is 22.7 Å². The highest BCUT2D eigenvalue weighted by Gasteiger charge is 2.12. The van der Waals surface area contributed by atoms with E-state index in [0.717, 1.165) is 6.42 Å². The van der Waals surface area contributed by atoms with Crippen LogP contribution in [0.1, 0.15) is 34.1 Å². The summed E-state index contributed by atoms with van der Waals surface area (Å²) in [6.45, 7) is 2.49. The Morgan fingerprint density at radius 2 is 1.82 bits per heavy atom. The molecule has 0 bridgehead atoms. The smallest absolute Gasteiger partial charge is 0.257 e. The molecule has 2 aromatic rings. The molecule has 2 amide bonds. The normalized spacial score (nSPS) is 10.1. The van der Waals surface area contributed by atoms with Gasteiger partial charge in [-0.2, -0.15) is 0 Å². The predicted octanol–water partition coefficient (Wildman–Crippen LogP) is 2.61.